The van der Waals surface area contributed by atoms with E-state index >= 15 is 0 Å². The third-order valence-corrected chi connectivity index (χ3v) is 5.09. The second kappa shape index (κ2) is 8.38. The molecule has 0 bridgehead atoms. The zero-order valence-corrected chi connectivity index (χ0v) is 16.4. The Kier molecular flexibility index (Phi) is 5.94. The topological polar surface area (TPSA) is 49.4 Å². The van der Waals surface area contributed by atoms with E-state index in [1.807, 2.05) is 47.4 Å². The number of benzene rings is 2. The summed E-state index contributed by atoms with van der Waals surface area (Å²) in [5, 5.41) is 2.98. The number of nitrogens with one attached hydrogen (secondary N) is 1. The van der Waals surface area contributed by atoms with Crippen molar-refractivity contribution in [3.8, 4) is 0 Å². The zero-order valence-electron chi connectivity index (χ0n) is 16.4. The van der Waals surface area contributed by atoms with Gasteiger partial charge in [-0.2, -0.15) is 0 Å². The fourth-order valence-electron chi connectivity index (χ4n) is 3.37. The number of nitrogens with zero attached hydrogens (tertiary/aromatic N) is 1. The van der Waals surface area contributed by atoms with Crippen molar-refractivity contribution in [3.05, 3.63) is 59.2 Å². The number of carbonyl (C=O) groups excluding carboxylic acids is 2. The van der Waals surface area contributed by atoms with Gasteiger partial charge in [-0.25, -0.2) is 0 Å². The summed E-state index contributed by atoms with van der Waals surface area (Å²) in [6.45, 7) is 7.18. The summed E-state index contributed by atoms with van der Waals surface area (Å²) in [5.74, 6) is 0.637. The molecule has 0 spiro atoms. The maximum Gasteiger partial charge on any atom is 0.255 e. The van der Waals surface area contributed by atoms with Gasteiger partial charge < -0.3 is 10.2 Å². The van der Waals surface area contributed by atoms with Gasteiger partial charge >= 0.3 is 0 Å². The van der Waals surface area contributed by atoms with Crippen molar-refractivity contribution < 1.29 is 9.59 Å². The van der Waals surface area contributed by atoms with Crippen LogP contribution in [0, 0.1) is 5.92 Å². The van der Waals surface area contributed by atoms with E-state index in [0.29, 0.717) is 17.9 Å². The van der Waals surface area contributed by atoms with Crippen LogP contribution >= 0.6 is 0 Å². The fraction of sp³-hybridized carbons (Fsp3) is 0.391. The predicted octanol–water partition coefficient (Wildman–Crippen LogP) is 4.83. The molecule has 1 aliphatic heterocycles. The normalized spacial score (nSPS) is 13.6. The predicted molar refractivity (Wildman–Crippen MR) is 110 cm³/mol. The molecule has 3 rings (SSSR count). The second-order valence-electron chi connectivity index (χ2n) is 7.58. The maximum absolute atomic E-state index is 12.5. The number of hydrogen-bond acceptors (Lipinski definition) is 2. The highest BCUT2D eigenvalue weighted by molar-refractivity contribution is 6.04. The summed E-state index contributed by atoms with van der Waals surface area (Å²) in [4.78, 5) is 26.7. The molecule has 2 aromatic rings. The summed E-state index contributed by atoms with van der Waals surface area (Å²) < 4.78 is 0. The number of aryl methyl sites for hydroxylation is 2. The summed E-state index contributed by atoms with van der Waals surface area (Å²) in [6.07, 6.45) is 3.19. The maximum atomic E-state index is 12.5. The van der Waals surface area contributed by atoms with E-state index in [2.05, 4.69) is 26.1 Å². The van der Waals surface area contributed by atoms with Crippen molar-refractivity contribution in [2.45, 2.75) is 46.5 Å². The van der Waals surface area contributed by atoms with E-state index in [1.165, 1.54) is 5.56 Å². The number of anilines is 2. The Hall–Kier alpha value is -2.62. The molecule has 2 aromatic carbocycles. The minimum atomic E-state index is -0.110. The minimum absolute atomic E-state index is 0.110. The van der Waals surface area contributed by atoms with E-state index in [0.717, 1.165) is 42.7 Å². The first-order chi connectivity index (χ1) is 13.0. The largest absolute Gasteiger partial charge is 0.322 e. The van der Waals surface area contributed by atoms with Gasteiger partial charge in [0.05, 0.1) is 0 Å². The standard InChI is InChI=1S/C23H28N2O2/c1-4-17-5-7-18(8-6-17)23(27)24-20-10-11-21-19(15-20)9-12-22(26)25(21)14-13-16(2)3/h5-8,10-11,15-16H,4,9,12-14H2,1-3H3,(H,24,27). The van der Waals surface area contributed by atoms with Crippen molar-refractivity contribution in [2.24, 2.45) is 5.92 Å². The minimum Gasteiger partial charge on any atom is -0.322 e. The van der Waals surface area contributed by atoms with E-state index in [1.54, 1.807) is 0 Å². The van der Waals surface area contributed by atoms with Crippen LogP contribution in [0.4, 0.5) is 11.4 Å². The summed E-state index contributed by atoms with van der Waals surface area (Å²) in [7, 11) is 0. The van der Waals surface area contributed by atoms with E-state index in [4.69, 9.17) is 0 Å². The summed E-state index contributed by atoms with van der Waals surface area (Å²) >= 11 is 0. The Morgan fingerprint density at radius 3 is 2.52 bits per heavy atom. The Balaban J connectivity index is 1.75. The molecule has 0 saturated carbocycles. The van der Waals surface area contributed by atoms with Crippen LogP contribution in [0.3, 0.4) is 0 Å². The Morgan fingerprint density at radius 1 is 1.11 bits per heavy atom. The fourth-order valence-corrected chi connectivity index (χ4v) is 3.37. The third-order valence-electron chi connectivity index (χ3n) is 5.09. The Labute approximate surface area is 161 Å². The van der Waals surface area contributed by atoms with Gasteiger partial charge in [0.1, 0.15) is 0 Å². The SMILES string of the molecule is CCc1ccc(C(=O)Nc2ccc3c(c2)CCC(=O)N3CCC(C)C)cc1. The number of fused-ring (bicyclic) bond motifs is 1. The lowest BCUT2D eigenvalue weighted by molar-refractivity contribution is -0.118. The van der Waals surface area contributed by atoms with Crippen LogP contribution in [0.5, 0.6) is 0 Å². The number of hydrogen-bond donors (Lipinski definition) is 1. The molecule has 0 saturated heterocycles. The average Bonchev–Trinajstić information content (AvgIpc) is 2.67. The smallest absolute Gasteiger partial charge is 0.255 e. The quantitative estimate of drug-likeness (QED) is 0.798. The number of rotatable bonds is 6. The molecule has 0 atom stereocenters. The van der Waals surface area contributed by atoms with Crippen LogP contribution in [-0.2, 0) is 17.6 Å². The molecule has 1 aliphatic rings. The van der Waals surface area contributed by atoms with Crippen LogP contribution in [0.1, 0.15) is 55.1 Å². The summed E-state index contributed by atoms with van der Waals surface area (Å²) in [5.41, 5.74) is 4.75. The van der Waals surface area contributed by atoms with Crippen LogP contribution in [0.2, 0.25) is 0 Å². The molecule has 4 nitrogen and oxygen atoms in total. The van der Waals surface area contributed by atoms with Crippen molar-refractivity contribution in [1.82, 2.24) is 0 Å². The highest BCUT2D eigenvalue weighted by atomic mass is 16.2. The molecule has 0 aromatic heterocycles. The van der Waals surface area contributed by atoms with E-state index in [9.17, 15) is 9.59 Å². The number of carbonyl (C=O) groups is 2. The first kappa shape index (κ1) is 19.2. The molecule has 0 fully saturated rings. The molecule has 0 unspecified atom stereocenters. The van der Waals surface area contributed by atoms with Gasteiger partial charge in [0.2, 0.25) is 5.91 Å². The van der Waals surface area contributed by atoms with Gasteiger partial charge in [-0.3, -0.25) is 9.59 Å². The van der Waals surface area contributed by atoms with E-state index < -0.39 is 0 Å². The molecule has 0 radical (unpaired) electrons. The van der Waals surface area contributed by atoms with Crippen molar-refractivity contribution in [3.63, 3.8) is 0 Å². The molecular weight excluding hydrogens is 336 g/mol. The summed E-state index contributed by atoms with van der Waals surface area (Å²) in [6, 6.07) is 13.5. The number of amides is 2. The molecular formula is C23H28N2O2. The van der Waals surface area contributed by atoms with Gasteiger partial charge in [0.15, 0.2) is 0 Å². The molecule has 4 heteroatoms. The lowest BCUT2D eigenvalue weighted by Crippen LogP contribution is -2.36. The Morgan fingerprint density at radius 2 is 1.85 bits per heavy atom. The molecule has 1 heterocycles. The lowest BCUT2D eigenvalue weighted by Gasteiger charge is -2.30. The van der Waals surface area contributed by atoms with Gasteiger partial charge in [0.25, 0.3) is 5.91 Å². The van der Waals surface area contributed by atoms with Crippen LogP contribution in [-0.4, -0.2) is 18.4 Å². The Bertz CT molecular complexity index is 825. The monoisotopic (exact) mass is 364 g/mol. The molecule has 0 aliphatic carbocycles. The van der Waals surface area contributed by atoms with Crippen molar-refractivity contribution in [1.29, 1.82) is 0 Å². The molecule has 2 amide bonds. The average molecular weight is 364 g/mol. The van der Waals surface area contributed by atoms with Crippen molar-refractivity contribution in [2.75, 3.05) is 16.8 Å². The highest BCUT2D eigenvalue weighted by Crippen LogP contribution is 2.31. The van der Waals surface area contributed by atoms with Gasteiger partial charge in [-0.1, -0.05) is 32.9 Å². The molecule has 1 N–H and O–H groups in total. The first-order valence-electron chi connectivity index (χ1n) is 9.81. The zero-order chi connectivity index (χ0) is 19.4. The van der Waals surface area contributed by atoms with Crippen molar-refractivity contribution >= 4 is 23.2 Å². The van der Waals surface area contributed by atoms with Crippen LogP contribution in [0.15, 0.2) is 42.5 Å². The van der Waals surface area contributed by atoms with Crippen LogP contribution in [0.25, 0.3) is 0 Å². The van der Waals surface area contributed by atoms with Gasteiger partial charge in [-0.15, -0.1) is 0 Å². The lowest BCUT2D eigenvalue weighted by atomic mass is 9.99. The molecule has 142 valence electrons. The second-order valence-corrected chi connectivity index (χ2v) is 7.58. The first-order valence-corrected chi connectivity index (χ1v) is 9.81. The van der Waals surface area contributed by atoms with Gasteiger partial charge in [-0.05, 0) is 66.6 Å². The third kappa shape index (κ3) is 4.57. The highest BCUT2D eigenvalue weighted by Gasteiger charge is 2.24. The van der Waals surface area contributed by atoms with E-state index in [-0.39, 0.29) is 11.8 Å². The molecule has 27 heavy (non-hydrogen) atoms. The van der Waals surface area contributed by atoms with Crippen LogP contribution < -0.4 is 10.2 Å². The van der Waals surface area contributed by atoms with Gasteiger partial charge in [0, 0.05) is 29.9 Å².